The summed E-state index contributed by atoms with van der Waals surface area (Å²) in [4.78, 5) is 2.60. The minimum Gasteiger partial charge on any atom is -0.378 e. The molecule has 0 aromatic carbocycles. The molecule has 0 saturated heterocycles. The second kappa shape index (κ2) is 13.4. The van der Waals surface area contributed by atoms with Crippen molar-refractivity contribution in [2.75, 3.05) is 46.1 Å². The fraction of sp³-hybridized carbons (Fsp3) is 1.00. The predicted octanol–water partition coefficient (Wildman–Crippen LogP) is 5.27. The molecule has 0 aliphatic carbocycles. The first-order chi connectivity index (χ1) is 13.5. The average Bonchev–Trinajstić information content (AvgIpc) is 2.53. The molecule has 0 atom stereocenters. The normalized spacial score (nSPS) is 14.0. The summed E-state index contributed by atoms with van der Waals surface area (Å²) in [6.45, 7) is 29.9. The molecule has 1 N–H and O–H groups in total. The number of nitrogens with zero attached hydrogens (tertiary/aromatic N) is 1. The summed E-state index contributed by atoms with van der Waals surface area (Å²) in [7, 11) is 0. The Hall–Kier alpha value is -0.200. The van der Waals surface area contributed by atoms with Crippen molar-refractivity contribution in [1.29, 1.82) is 0 Å². The lowest BCUT2D eigenvalue weighted by Crippen LogP contribution is -2.55. The van der Waals surface area contributed by atoms with E-state index in [1.807, 2.05) is 0 Å². The van der Waals surface area contributed by atoms with Crippen LogP contribution >= 0.6 is 0 Å². The molecule has 0 radical (unpaired) electrons. The van der Waals surface area contributed by atoms with Gasteiger partial charge >= 0.3 is 0 Å². The molecule has 5 heteroatoms. The molecule has 0 aliphatic rings. The van der Waals surface area contributed by atoms with E-state index < -0.39 is 0 Å². The van der Waals surface area contributed by atoms with E-state index in [0.29, 0.717) is 19.8 Å². The highest BCUT2D eigenvalue weighted by atomic mass is 16.5. The average molecular weight is 431 g/mol. The lowest BCUT2D eigenvalue weighted by atomic mass is 9.98. The molecule has 0 aromatic rings. The zero-order valence-electron chi connectivity index (χ0n) is 22.2. The lowest BCUT2D eigenvalue weighted by molar-refractivity contribution is -0.0348. The molecule has 0 aliphatic heterocycles. The van der Waals surface area contributed by atoms with E-state index >= 15 is 0 Å². The van der Waals surface area contributed by atoms with Gasteiger partial charge in [-0.05, 0) is 102 Å². The summed E-state index contributed by atoms with van der Waals surface area (Å²) < 4.78 is 17.2. The summed E-state index contributed by atoms with van der Waals surface area (Å²) in [5.41, 5.74) is 0.0612. The number of ether oxygens (including phenoxy) is 3. The Kier molecular flexibility index (Phi) is 13.3. The first kappa shape index (κ1) is 29.8. The molecular weight excluding hydrogens is 376 g/mol. The van der Waals surface area contributed by atoms with Crippen molar-refractivity contribution < 1.29 is 14.2 Å². The van der Waals surface area contributed by atoms with Gasteiger partial charge in [-0.1, -0.05) is 0 Å². The monoisotopic (exact) mass is 430 g/mol. The number of unbranched alkanes of at least 4 members (excludes halogenated alkanes) is 2. The van der Waals surface area contributed by atoms with Crippen LogP contribution in [0.3, 0.4) is 0 Å². The van der Waals surface area contributed by atoms with Crippen LogP contribution < -0.4 is 5.32 Å². The topological polar surface area (TPSA) is 43.0 Å². The van der Waals surface area contributed by atoms with E-state index in [0.717, 1.165) is 32.7 Å². The maximum absolute atomic E-state index is 5.84. The molecule has 0 fully saturated rings. The second-order valence-corrected chi connectivity index (χ2v) is 12.0. The highest BCUT2D eigenvalue weighted by molar-refractivity contribution is 4.87. The number of rotatable bonds is 15. The van der Waals surface area contributed by atoms with Gasteiger partial charge in [-0.3, -0.25) is 4.90 Å². The van der Waals surface area contributed by atoms with Crippen molar-refractivity contribution in [3.05, 3.63) is 0 Å². The van der Waals surface area contributed by atoms with Crippen LogP contribution in [0.4, 0.5) is 0 Å². The molecule has 30 heavy (non-hydrogen) atoms. The van der Waals surface area contributed by atoms with Crippen molar-refractivity contribution in [1.82, 2.24) is 10.2 Å². The third-order valence-electron chi connectivity index (χ3n) is 4.75. The Morgan fingerprint density at radius 1 is 0.633 bits per heavy atom. The second-order valence-electron chi connectivity index (χ2n) is 12.0. The molecule has 0 saturated carbocycles. The summed E-state index contributed by atoms with van der Waals surface area (Å²) >= 11 is 0. The lowest BCUT2D eigenvalue weighted by Gasteiger charge is -2.41. The van der Waals surface area contributed by atoms with E-state index in [9.17, 15) is 0 Å². The van der Waals surface area contributed by atoms with E-state index in [4.69, 9.17) is 14.2 Å². The van der Waals surface area contributed by atoms with Crippen LogP contribution in [0, 0.1) is 0 Å². The predicted molar refractivity (Wildman–Crippen MR) is 129 cm³/mol. The van der Waals surface area contributed by atoms with Crippen LogP contribution in [0.25, 0.3) is 0 Å². The fourth-order valence-electron chi connectivity index (χ4n) is 3.11. The van der Waals surface area contributed by atoms with Crippen LogP contribution in [0.1, 0.15) is 95.4 Å². The number of hydrogen-bond donors (Lipinski definition) is 1. The first-order valence-electron chi connectivity index (χ1n) is 11.9. The Labute approximate surface area is 188 Å². The fourth-order valence-corrected chi connectivity index (χ4v) is 3.11. The van der Waals surface area contributed by atoms with Crippen molar-refractivity contribution in [3.8, 4) is 0 Å². The largest absolute Gasteiger partial charge is 0.378 e. The van der Waals surface area contributed by atoms with Gasteiger partial charge in [0.25, 0.3) is 0 Å². The zero-order chi connectivity index (χ0) is 23.5. The SMILES string of the molecule is CC(C)(CN(CCCCCOC(C)(C)C)C(C)(C)C)NCCOCCOC(C)(C)C. The minimum absolute atomic E-state index is 0.0313. The summed E-state index contributed by atoms with van der Waals surface area (Å²) in [5, 5.41) is 3.67. The molecule has 0 spiro atoms. The molecule has 0 unspecified atom stereocenters. The standard InChI is InChI=1S/C25H54N2O3/c1-22(2,3)27(16-13-12-14-17-29-23(4,5)6)21-25(10,11)26-15-18-28-19-20-30-24(7,8)9/h26H,12-21H2,1-11H3. The van der Waals surface area contributed by atoms with Gasteiger partial charge in [-0.25, -0.2) is 0 Å². The molecule has 0 aromatic heterocycles. The summed E-state index contributed by atoms with van der Waals surface area (Å²) in [6.07, 6.45) is 3.55. The molecule has 0 heterocycles. The van der Waals surface area contributed by atoms with E-state index in [-0.39, 0.29) is 22.3 Å². The van der Waals surface area contributed by atoms with Crippen molar-refractivity contribution >= 4 is 0 Å². The van der Waals surface area contributed by atoms with E-state index in [2.05, 4.69) is 86.4 Å². The number of hydrogen-bond acceptors (Lipinski definition) is 5. The molecule has 0 amide bonds. The van der Waals surface area contributed by atoms with Crippen LogP contribution in [-0.4, -0.2) is 73.2 Å². The van der Waals surface area contributed by atoms with Crippen molar-refractivity contribution in [2.45, 2.75) is 118 Å². The van der Waals surface area contributed by atoms with Gasteiger partial charge in [-0.2, -0.15) is 0 Å². The minimum atomic E-state index is -0.0976. The number of nitrogens with one attached hydrogen (secondary N) is 1. The molecule has 5 nitrogen and oxygen atoms in total. The third kappa shape index (κ3) is 18.6. The van der Waals surface area contributed by atoms with Crippen molar-refractivity contribution in [2.24, 2.45) is 0 Å². The highest BCUT2D eigenvalue weighted by Gasteiger charge is 2.28. The molecule has 0 rings (SSSR count). The van der Waals surface area contributed by atoms with E-state index in [1.165, 1.54) is 12.8 Å². The summed E-state index contributed by atoms with van der Waals surface area (Å²) in [6, 6.07) is 0. The first-order valence-corrected chi connectivity index (χ1v) is 11.9. The van der Waals surface area contributed by atoms with Crippen LogP contribution in [0.2, 0.25) is 0 Å². The molecule has 0 bridgehead atoms. The van der Waals surface area contributed by atoms with Crippen LogP contribution in [0.5, 0.6) is 0 Å². The van der Waals surface area contributed by atoms with Gasteiger partial charge in [0, 0.05) is 30.8 Å². The van der Waals surface area contributed by atoms with Crippen molar-refractivity contribution in [3.63, 3.8) is 0 Å². The Morgan fingerprint density at radius 2 is 1.20 bits per heavy atom. The molecular formula is C25H54N2O3. The van der Waals surface area contributed by atoms with Gasteiger partial charge in [0.15, 0.2) is 0 Å². The Morgan fingerprint density at radius 3 is 1.73 bits per heavy atom. The van der Waals surface area contributed by atoms with Crippen LogP contribution in [0.15, 0.2) is 0 Å². The quantitative estimate of drug-likeness (QED) is 0.358. The maximum Gasteiger partial charge on any atom is 0.0707 e. The third-order valence-corrected chi connectivity index (χ3v) is 4.75. The Bertz CT molecular complexity index is 431. The zero-order valence-corrected chi connectivity index (χ0v) is 22.2. The van der Waals surface area contributed by atoms with Gasteiger partial charge in [0.1, 0.15) is 0 Å². The van der Waals surface area contributed by atoms with E-state index in [1.54, 1.807) is 0 Å². The summed E-state index contributed by atoms with van der Waals surface area (Å²) in [5.74, 6) is 0. The van der Waals surface area contributed by atoms with Gasteiger partial charge in [-0.15, -0.1) is 0 Å². The van der Waals surface area contributed by atoms with Gasteiger partial charge < -0.3 is 19.5 Å². The van der Waals surface area contributed by atoms with Gasteiger partial charge in [0.2, 0.25) is 0 Å². The smallest absolute Gasteiger partial charge is 0.0707 e. The maximum atomic E-state index is 5.84. The Balaban J connectivity index is 4.18. The molecule has 182 valence electrons. The van der Waals surface area contributed by atoms with Crippen LogP contribution in [-0.2, 0) is 14.2 Å². The van der Waals surface area contributed by atoms with Gasteiger partial charge in [0.05, 0.1) is 31.0 Å². The highest BCUT2D eigenvalue weighted by Crippen LogP contribution is 2.19.